The Morgan fingerprint density at radius 1 is 0.857 bits per heavy atom. The lowest BCUT2D eigenvalue weighted by Gasteiger charge is -2.25. The van der Waals surface area contributed by atoms with Gasteiger partial charge in [0.2, 0.25) is 0 Å². The molecule has 2 fully saturated rings. The third-order valence-electron chi connectivity index (χ3n) is 8.72. The molecular weight excluding hydrogens is 434 g/mol. The van der Waals surface area contributed by atoms with Gasteiger partial charge in [0.25, 0.3) is 0 Å². The van der Waals surface area contributed by atoms with Crippen LogP contribution >= 0.6 is 0 Å². The van der Waals surface area contributed by atoms with Crippen molar-refractivity contribution in [1.29, 1.82) is 0 Å². The van der Waals surface area contributed by atoms with E-state index >= 15 is 0 Å². The van der Waals surface area contributed by atoms with E-state index in [9.17, 15) is 9.90 Å². The van der Waals surface area contributed by atoms with Crippen LogP contribution in [0.15, 0.2) is 42.6 Å². The molecule has 0 atom stereocenters. The smallest absolute Gasteiger partial charge is 0.335 e. The van der Waals surface area contributed by atoms with Crippen LogP contribution in [0, 0.1) is 0 Å². The zero-order valence-electron chi connectivity index (χ0n) is 20.3. The Hall–Kier alpha value is -3.21. The highest BCUT2D eigenvalue weighted by molar-refractivity contribution is 6.06. The SMILES string of the molecule is O=C(O)c1ccc2c(C3CCCCC3)c3n(c2c1)CCCn1cc(N2CCCC2)c2cccc-3c21. The van der Waals surface area contributed by atoms with Crippen LogP contribution in [0.1, 0.15) is 73.2 Å². The average molecular weight is 468 g/mol. The predicted molar refractivity (Wildman–Crippen MR) is 142 cm³/mol. The van der Waals surface area contributed by atoms with Crippen molar-refractivity contribution in [2.24, 2.45) is 0 Å². The van der Waals surface area contributed by atoms with E-state index in [2.05, 4.69) is 44.5 Å². The molecule has 180 valence electrons. The van der Waals surface area contributed by atoms with Gasteiger partial charge in [0.15, 0.2) is 0 Å². The van der Waals surface area contributed by atoms with Gasteiger partial charge in [-0.15, -0.1) is 0 Å². The first kappa shape index (κ1) is 21.1. The standard InChI is InChI=1S/C30H33N3O2/c34-30(35)21-12-13-22-25(18-21)33-17-7-16-32-19-26(31-14-4-5-15-31)23-10-6-11-24(28(23)32)29(33)27(22)20-8-2-1-3-9-20/h6,10-13,18-20H,1-5,7-9,14-17H2,(H,34,35). The van der Waals surface area contributed by atoms with Crippen molar-refractivity contribution >= 4 is 33.5 Å². The summed E-state index contributed by atoms with van der Waals surface area (Å²) < 4.78 is 4.97. The van der Waals surface area contributed by atoms with Gasteiger partial charge in [0.05, 0.1) is 22.5 Å². The summed E-state index contributed by atoms with van der Waals surface area (Å²) in [7, 11) is 0. The van der Waals surface area contributed by atoms with Gasteiger partial charge in [-0.05, 0) is 55.7 Å². The molecule has 4 heterocycles. The van der Waals surface area contributed by atoms with Crippen LogP contribution in [0.25, 0.3) is 33.1 Å². The van der Waals surface area contributed by atoms with Crippen molar-refractivity contribution in [2.45, 2.75) is 70.4 Å². The van der Waals surface area contributed by atoms with Crippen LogP contribution in [0.5, 0.6) is 0 Å². The van der Waals surface area contributed by atoms with Crippen LogP contribution in [0.3, 0.4) is 0 Å². The number of benzene rings is 2. The molecule has 0 radical (unpaired) electrons. The van der Waals surface area contributed by atoms with E-state index in [4.69, 9.17) is 0 Å². The molecule has 1 saturated carbocycles. The lowest BCUT2D eigenvalue weighted by molar-refractivity contribution is 0.0697. The molecule has 0 unspecified atom stereocenters. The van der Waals surface area contributed by atoms with E-state index in [1.165, 1.54) is 83.7 Å². The van der Waals surface area contributed by atoms with Crippen LogP contribution in [-0.4, -0.2) is 33.3 Å². The van der Waals surface area contributed by atoms with Gasteiger partial charge in [-0.1, -0.05) is 43.5 Å². The van der Waals surface area contributed by atoms with Gasteiger partial charge in [-0.3, -0.25) is 0 Å². The summed E-state index contributed by atoms with van der Waals surface area (Å²) in [5.41, 5.74) is 8.34. The number of rotatable bonds is 3. The molecule has 1 saturated heterocycles. The Morgan fingerprint density at radius 3 is 2.49 bits per heavy atom. The summed E-state index contributed by atoms with van der Waals surface area (Å²) in [5, 5.41) is 12.4. The van der Waals surface area contributed by atoms with Crippen molar-refractivity contribution in [3.63, 3.8) is 0 Å². The number of anilines is 1. The third kappa shape index (κ3) is 3.24. The minimum absolute atomic E-state index is 0.382. The second kappa shape index (κ2) is 8.18. The normalized spacial score (nSPS) is 18.7. The molecule has 35 heavy (non-hydrogen) atoms. The van der Waals surface area contributed by atoms with Crippen molar-refractivity contribution < 1.29 is 9.90 Å². The molecule has 0 bridgehead atoms. The molecule has 1 aliphatic carbocycles. The molecule has 2 aromatic carbocycles. The summed E-state index contributed by atoms with van der Waals surface area (Å²) >= 11 is 0. The summed E-state index contributed by atoms with van der Waals surface area (Å²) in [5.74, 6) is -0.312. The maximum atomic E-state index is 11.9. The molecule has 2 aromatic heterocycles. The van der Waals surface area contributed by atoms with E-state index in [1.807, 2.05) is 6.07 Å². The van der Waals surface area contributed by atoms with Crippen LogP contribution in [-0.2, 0) is 13.1 Å². The zero-order chi connectivity index (χ0) is 23.5. The van der Waals surface area contributed by atoms with Crippen molar-refractivity contribution in [1.82, 2.24) is 9.13 Å². The molecule has 0 spiro atoms. The molecular formula is C30H33N3O2. The maximum Gasteiger partial charge on any atom is 0.335 e. The van der Waals surface area contributed by atoms with Crippen molar-refractivity contribution in [3.8, 4) is 11.3 Å². The number of carboxylic acid groups (broad SMARTS) is 1. The quantitative estimate of drug-likeness (QED) is 0.352. The van der Waals surface area contributed by atoms with E-state index in [-0.39, 0.29) is 0 Å². The zero-order valence-corrected chi connectivity index (χ0v) is 20.3. The number of carbonyl (C=O) groups is 1. The highest BCUT2D eigenvalue weighted by atomic mass is 16.4. The number of aromatic nitrogens is 2. The van der Waals surface area contributed by atoms with Gasteiger partial charge in [-0.2, -0.15) is 0 Å². The molecule has 3 aliphatic rings. The average Bonchev–Trinajstić information content (AvgIpc) is 3.60. The topological polar surface area (TPSA) is 50.4 Å². The number of fused-ring (bicyclic) bond motifs is 4. The highest BCUT2D eigenvalue weighted by Crippen LogP contribution is 2.47. The van der Waals surface area contributed by atoms with Gasteiger partial charge < -0.3 is 19.1 Å². The van der Waals surface area contributed by atoms with E-state index < -0.39 is 5.97 Å². The molecule has 0 amide bonds. The summed E-state index contributed by atoms with van der Waals surface area (Å²) in [6.45, 7) is 4.19. The second-order valence-electron chi connectivity index (χ2n) is 10.7. The van der Waals surface area contributed by atoms with Gasteiger partial charge in [0.1, 0.15) is 0 Å². The molecule has 1 N–H and O–H groups in total. The maximum absolute atomic E-state index is 11.9. The van der Waals surface area contributed by atoms with Gasteiger partial charge in [0, 0.05) is 54.2 Å². The fourth-order valence-electron chi connectivity index (χ4n) is 7.15. The molecule has 7 rings (SSSR count). The predicted octanol–water partition coefficient (Wildman–Crippen LogP) is 7.01. The third-order valence-corrected chi connectivity index (χ3v) is 8.72. The van der Waals surface area contributed by atoms with E-state index in [0.29, 0.717) is 11.5 Å². The first-order valence-electron chi connectivity index (χ1n) is 13.5. The fraction of sp³-hybridized carbons (Fsp3) is 0.433. The highest BCUT2D eigenvalue weighted by Gasteiger charge is 2.30. The first-order valence-corrected chi connectivity index (χ1v) is 13.5. The Kier molecular flexibility index (Phi) is 4.93. The number of aromatic carboxylic acids is 1. The molecule has 5 heteroatoms. The monoisotopic (exact) mass is 467 g/mol. The van der Waals surface area contributed by atoms with Crippen molar-refractivity contribution in [3.05, 3.63) is 53.7 Å². The fourth-order valence-corrected chi connectivity index (χ4v) is 7.15. The Morgan fingerprint density at radius 2 is 1.69 bits per heavy atom. The number of hydrogen-bond acceptors (Lipinski definition) is 2. The van der Waals surface area contributed by atoms with Crippen LogP contribution in [0.4, 0.5) is 5.69 Å². The van der Waals surface area contributed by atoms with Gasteiger partial charge >= 0.3 is 5.97 Å². The largest absolute Gasteiger partial charge is 0.478 e. The molecule has 4 aromatic rings. The van der Waals surface area contributed by atoms with Crippen LogP contribution in [0.2, 0.25) is 0 Å². The Balaban J connectivity index is 1.54. The summed E-state index contributed by atoms with van der Waals surface area (Å²) in [6, 6.07) is 12.7. The Bertz CT molecular complexity index is 1450. The lowest BCUT2D eigenvalue weighted by Crippen LogP contribution is -2.17. The molecule has 2 aliphatic heterocycles. The number of hydrogen-bond donors (Lipinski definition) is 1. The number of nitrogens with zero attached hydrogens (tertiary/aromatic N) is 3. The Labute approximate surface area is 205 Å². The molecule has 5 nitrogen and oxygen atoms in total. The minimum atomic E-state index is -0.848. The second-order valence-corrected chi connectivity index (χ2v) is 10.7. The lowest BCUT2D eigenvalue weighted by atomic mass is 9.81. The van der Waals surface area contributed by atoms with Gasteiger partial charge in [-0.25, -0.2) is 4.79 Å². The van der Waals surface area contributed by atoms with Crippen molar-refractivity contribution in [2.75, 3.05) is 18.0 Å². The number of para-hydroxylation sites is 1. The summed E-state index contributed by atoms with van der Waals surface area (Å²) in [6.07, 6.45) is 12.3. The van der Waals surface area contributed by atoms with Crippen LogP contribution < -0.4 is 4.90 Å². The van der Waals surface area contributed by atoms with E-state index in [1.54, 1.807) is 6.07 Å². The number of aryl methyl sites for hydroxylation is 2. The minimum Gasteiger partial charge on any atom is -0.478 e. The van der Waals surface area contributed by atoms with E-state index in [0.717, 1.165) is 38.1 Å². The first-order chi connectivity index (χ1) is 17.2. The summed E-state index contributed by atoms with van der Waals surface area (Å²) in [4.78, 5) is 14.4. The number of carboxylic acids is 1.